The molecule has 1 aliphatic rings. The zero-order chi connectivity index (χ0) is 14.4. The zero-order valence-corrected chi connectivity index (χ0v) is 12.6. The molecule has 2 amide bonds. The van der Waals surface area contributed by atoms with Gasteiger partial charge in [0.05, 0.1) is 12.5 Å². The summed E-state index contributed by atoms with van der Waals surface area (Å²) in [5.41, 5.74) is 0. The van der Waals surface area contributed by atoms with Crippen LogP contribution >= 0.6 is 0 Å². The molecule has 1 heterocycles. The average Bonchev–Trinajstić information content (AvgIpc) is 2.66. The van der Waals surface area contributed by atoms with Gasteiger partial charge in [-0.1, -0.05) is 13.8 Å². The van der Waals surface area contributed by atoms with Crippen LogP contribution in [-0.2, 0) is 9.59 Å². The maximum Gasteiger partial charge on any atom is 0.246 e. The predicted octanol–water partition coefficient (Wildman–Crippen LogP) is 0.844. The van der Waals surface area contributed by atoms with Gasteiger partial charge in [0.1, 0.15) is 0 Å². The van der Waals surface area contributed by atoms with Crippen molar-refractivity contribution in [2.24, 2.45) is 0 Å². The van der Waals surface area contributed by atoms with Crippen LogP contribution in [0.4, 0.5) is 0 Å². The van der Waals surface area contributed by atoms with Gasteiger partial charge in [0.2, 0.25) is 11.8 Å². The van der Waals surface area contributed by atoms with Gasteiger partial charge in [-0.2, -0.15) is 0 Å². The molecule has 1 aliphatic heterocycles. The lowest BCUT2D eigenvalue weighted by atomic mass is 10.2. The molecule has 0 spiro atoms. The summed E-state index contributed by atoms with van der Waals surface area (Å²) in [5.74, 6) is -0.0994. The smallest absolute Gasteiger partial charge is 0.246 e. The van der Waals surface area contributed by atoms with E-state index >= 15 is 0 Å². The van der Waals surface area contributed by atoms with E-state index in [0.29, 0.717) is 19.0 Å². The van der Waals surface area contributed by atoms with Crippen LogP contribution in [-0.4, -0.2) is 60.4 Å². The summed E-state index contributed by atoms with van der Waals surface area (Å²) in [4.78, 5) is 27.3. The van der Waals surface area contributed by atoms with Crippen molar-refractivity contribution >= 4 is 11.8 Å². The van der Waals surface area contributed by atoms with Crippen molar-refractivity contribution in [2.75, 3.05) is 26.7 Å². The molecular weight excluding hydrogens is 242 g/mol. The van der Waals surface area contributed by atoms with E-state index in [-0.39, 0.29) is 17.9 Å². The second-order valence-electron chi connectivity index (χ2n) is 5.33. The summed E-state index contributed by atoms with van der Waals surface area (Å²) in [7, 11) is 2.08. The number of nitrogens with zero attached hydrogens (tertiary/aromatic N) is 2. The van der Waals surface area contributed by atoms with Gasteiger partial charge in [-0.3, -0.25) is 14.5 Å². The van der Waals surface area contributed by atoms with Crippen molar-refractivity contribution in [2.45, 2.75) is 52.1 Å². The van der Waals surface area contributed by atoms with E-state index in [0.717, 1.165) is 25.9 Å². The third-order valence-corrected chi connectivity index (χ3v) is 3.89. The van der Waals surface area contributed by atoms with Gasteiger partial charge in [0, 0.05) is 25.7 Å². The standard InChI is InChI=1S/C14H27N3O2/c1-5-8-17-13(18)10-12(14(17)19)15-7-9-16(4)11(3)6-2/h11-12,15H,5-10H2,1-4H3. The Morgan fingerprint density at radius 3 is 2.68 bits per heavy atom. The van der Waals surface area contributed by atoms with Crippen LogP contribution in [0.1, 0.15) is 40.0 Å². The highest BCUT2D eigenvalue weighted by Crippen LogP contribution is 2.13. The number of carbonyl (C=O) groups excluding carboxylic acids is 2. The number of hydrogen-bond acceptors (Lipinski definition) is 4. The number of likely N-dealkylation sites (tertiary alicyclic amines) is 1. The second-order valence-corrected chi connectivity index (χ2v) is 5.33. The average molecular weight is 269 g/mol. The van der Waals surface area contributed by atoms with Gasteiger partial charge in [-0.15, -0.1) is 0 Å². The first kappa shape index (κ1) is 16.1. The Bertz CT molecular complexity index is 320. The predicted molar refractivity (Wildman–Crippen MR) is 75.8 cm³/mol. The van der Waals surface area contributed by atoms with Crippen molar-refractivity contribution in [3.05, 3.63) is 0 Å². The highest BCUT2D eigenvalue weighted by molar-refractivity contribution is 6.05. The summed E-state index contributed by atoms with van der Waals surface area (Å²) in [5, 5.41) is 3.21. The Kier molecular flexibility index (Phi) is 6.45. The maximum atomic E-state index is 12.0. The van der Waals surface area contributed by atoms with Crippen LogP contribution in [0.15, 0.2) is 0 Å². The van der Waals surface area contributed by atoms with Gasteiger partial charge in [-0.05, 0) is 26.8 Å². The molecule has 0 bridgehead atoms. The van der Waals surface area contributed by atoms with E-state index in [1.54, 1.807) is 0 Å². The van der Waals surface area contributed by atoms with Crippen LogP contribution in [0.3, 0.4) is 0 Å². The van der Waals surface area contributed by atoms with E-state index < -0.39 is 0 Å². The van der Waals surface area contributed by atoms with Crippen molar-refractivity contribution in [3.63, 3.8) is 0 Å². The summed E-state index contributed by atoms with van der Waals surface area (Å²) in [6.07, 6.45) is 2.24. The minimum Gasteiger partial charge on any atom is -0.304 e. The topological polar surface area (TPSA) is 52.7 Å². The molecule has 0 aliphatic carbocycles. The number of nitrogens with one attached hydrogen (secondary N) is 1. The summed E-state index contributed by atoms with van der Waals surface area (Å²) >= 11 is 0. The van der Waals surface area contributed by atoms with Crippen LogP contribution in [0.2, 0.25) is 0 Å². The van der Waals surface area contributed by atoms with Crippen molar-refractivity contribution < 1.29 is 9.59 Å². The highest BCUT2D eigenvalue weighted by atomic mass is 16.2. The van der Waals surface area contributed by atoms with Gasteiger partial charge in [-0.25, -0.2) is 0 Å². The van der Waals surface area contributed by atoms with E-state index in [9.17, 15) is 9.59 Å². The number of imide groups is 1. The molecule has 19 heavy (non-hydrogen) atoms. The Morgan fingerprint density at radius 1 is 1.42 bits per heavy atom. The van der Waals surface area contributed by atoms with Crippen LogP contribution < -0.4 is 5.32 Å². The Hall–Kier alpha value is -0.940. The molecule has 110 valence electrons. The summed E-state index contributed by atoms with van der Waals surface area (Å²) < 4.78 is 0. The first-order valence-electron chi connectivity index (χ1n) is 7.29. The Morgan fingerprint density at radius 2 is 2.11 bits per heavy atom. The maximum absolute atomic E-state index is 12.0. The second kappa shape index (κ2) is 7.60. The van der Waals surface area contributed by atoms with Gasteiger partial charge in [0.25, 0.3) is 0 Å². The number of likely N-dealkylation sites (N-methyl/N-ethyl adjacent to an activating group) is 1. The molecule has 2 unspecified atom stereocenters. The molecule has 5 nitrogen and oxygen atoms in total. The highest BCUT2D eigenvalue weighted by Gasteiger charge is 2.37. The number of rotatable bonds is 8. The van der Waals surface area contributed by atoms with Crippen LogP contribution in [0.25, 0.3) is 0 Å². The molecule has 1 saturated heterocycles. The SMILES string of the molecule is CCCN1C(=O)CC(NCCN(C)C(C)CC)C1=O. The van der Waals surface area contributed by atoms with Crippen molar-refractivity contribution in [1.29, 1.82) is 0 Å². The fourth-order valence-electron chi connectivity index (χ4n) is 2.25. The fourth-order valence-corrected chi connectivity index (χ4v) is 2.25. The Labute approximate surface area is 116 Å². The van der Waals surface area contributed by atoms with Gasteiger partial charge >= 0.3 is 0 Å². The minimum absolute atomic E-state index is 0.0420. The van der Waals surface area contributed by atoms with Crippen molar-refractivity contribution in [3.8, 4) is 0 Å². The first-order chi connectivity index (χ1) is 9.01. The van der Waals surface area contributed by atoms with Crippen LogP contribution in [0.5, 0.6) is 0 Å². The van der Waals surface area contributed by atoms with E-state index in [2.05, 4.69) is 31.1 Å². The van der Waals surface area contributed by atoms with Gasteiger partial charge in [0.15, 0.2) is 0 Å². The molecule has 1 N–H and O–H groups in total. The van der Waals surface area contributed by atoms with Gasteiger partial charge < -0.3 is 10.2 Å². The molecule has 5 heteroatoms. The molecule has 0 aromatic heterocycles. The number of amides is 2. The molecule has 1 rings (SSSR count). The molecule has 0 saturated carbocycles. The van der Waals surface area contributed by atoms with Crippen LogP contribution in [0, 0.1) is 0 Å². The number of carbonyl (C=O) groups is 2. The molecule has 1 fully saturated rings. The normalized spacial score (nSPS) is 21.5. The summed E-state index contributed by atoms with van der Waals surface area (Å²) in [6.45, 7) is 8.50. The quantitative estimate of drug-likeness (QED) is 0.664. The molecule has 2 atom stereocenters. The summed E-state index contributed by atoms with van der Waals surface area (Å²) in [6, 6.07) is 0.226. The monoisotopic (exact) mass is 269 g/mol. The third-order valence-electron chi connectivity index (χ3n) is 3.89. The Balaban J connectivity index is 2.35. The lowest BCUT2D eigenvalue weighted by molar-refractivity contribution is -0.138. The number of hydrogen-bond donors (Lipinski definition) is 1. The lowest BCUT2D eigenvalue weighted by Gasteiger charge is -2.24. The molecule has 0 aromatic rings. The van der Waals surface area contributed by atoms with E-state index in [1.165, 1.54) is 4.90 Å². The minimum atomic E-state index is -0.315. The lowest BCUT2D eigenvalue weighted by Crippen LogP contribution is -2.42. The van der Waals surface area contributed by atoms with E-state index in [4.69, 9.17) is 0 Å². The van der Waals surface area contributed by atoms with E-state index in [1.807, 2.05) is 6.92 Å². The molecular formula is C14H27N3O2. The zero-order valence-electron chi connectivity index (χ0n) is 12.6. The fraction of sp³-hybridized carbons (Fsp3) is 0.857. The largest absolute Gasteiger partial charge is 0.304 e. The molecule has 0 aromatic carbocycles. The van der Waals surface area contributed by atoms with Crippen molar-refractivity contribution in [1.82, 2.24) is 15.1 Å². The third kappa shape index (κ3) is 4.28. The first-order valence-corrected chi connectivity index (χ1v) is 7.29. The molecule has 0 radical (unpaired) electrons.